The fraction of sp³-hybridized carbons (Fsp3) is 0.750. The first-order chi connectivity index (χ1) is 6.11. The van der Waals surface area contributed by atoms with Gasteiger partial charge in [0.15, 0.2) is 0 Å². The van der Waals surface area contributed by atoms with Crippen molar-refractivity contribution >= 4 is 11.8 Å². The minimum Gasteiger partial charge on any atom is -0.285 e. The van der Waals surface area contributed by atoms with Gasteiger partial charge in [-0.1, -0.05) is 0 Å². The number of fused-ring (bicyclic) bond motifs is 1. The molecule has 0 aromatic heterocycles. The van der Waals surface area contributed by atoms with Crippen molar-refractivity contribution in [2.24, 2.45) is 17.7 Å². The third kappa shape index (κ3) is 1.15. The Balaban J connectivity index is 2.22. The molecule has 0 radical (unpaired) electrons. The minimum atomic E-state index is -0.198. The van der Waals surface area contributed by atoms with E-state index >= 15 is 0 Å². The normalized spacial score (nSPS) is 35.4. The van der Waals surface area contributed by atoms with Gasteiger partial charge in [-0.2, -0.15) is 0 Å². The number of carbonyl (C=O) groups is 2. The predicted octanol–water partition coefficient (Wildman–Crippen LogP) is -1.20. The van der Waals surface area contributed by atoms with Crippen LogP contribution in [0.15, 0.2) is 0 Å². The molecule has 0 aromatic carbocycles. The van der Waals surface area contributed by atoms with Crippen molar-refractivity contribution in [1.29, 1.82) is 0 Å². The van der Waals surface area contributed by atoms with Crippen molar-refractivity contribution in [3.63, 3.8) is 0 Å². The summed E-state index contributed by atoms with van der Waals surface area (Å²) >= 11 is 0. The summed E-state index contributed by atoms with van der Waals surface area (Å²) in [4.78, 5) is 24.3. The van der Waals surface area contributed by atoms with Crippen molar-refractivity contribution in [3.8, 4) is 0 Å². The lowest BCUT2D eigenvalue weighted by Gasteiger charge is -2.28. The molecule has 2 heterocycles. The van der Waals surface area contributed by atoms with E-state index < -0.39 is 0 Å². The third-order valence-corrected chi connectivity index (χ3v) is 2.94. The van der Waals surface area contributed by atoms with Crippen LogP contribution >= 0.6 is 0 Å². The second kappa shape index (κ2) is 2.78. The van der Waals surface area contributed by atoms with Crippen LogP contribution in [0.4, 0.5) is 0 Å². The highest BCUT2D eigenvalue weighted by atomic mass is 16.2. The van der Waals surface area contributed by atoms with Crippen LogP contribution in [-0.2, 0) is 9.59 Å². The topological polar surface area (TPSA) is 66.6 Å². The van der Waals surface area contributed by atoms with Gasteiger partial charge in [-0.15, -0.1) is 0 Å². The number of nitrogens with zero attached hydrogens (tertiary/aromatic N) is 2. The highest BCUT2D eigenvalue weighted by Crippen LogP contribution is 2.31. The molecule has 2 saturated heterocycles. The summed E-state index contributed by atoms with van der Waals surface area (Å²) in [5.41, 5.74) is 0. The first-order valence-corrected chi connectivity index (χ1v) is 4.42. The van der Waals surface area contributed by atoms with Crippen molar-refractivity contribution in [2.75, 3.05) is 20.1 Å². The number of rotatable bonds is 0. The second-order valence-electron chi connectivity index (χ2n) is 3.73. The lowest BCUT2D eigenvalue weighted by atomic mass is 9.88. The monoisotopic (exact) mass is 183 g/mol. The minimum absolute atomic E-state index is 0.0388. The number of likely N-dealkylation sites (tertiary alicyclic amines) is 1. The number of hydrogen-bond donors (Lipinski definition) is 1. The Morgan fingerprint density at radius 2 is 1.92 bits per heavy atom. The average Bonchev–Trinajstić information content (AvgIpc) is 2.32. The van der Waals surface area contributed by atoms with E-state index in [4.69, 9.17) is 5.84 Å². The SMILES string of the molecule is CN1C(=O)[C@H]2CCN(N)C[C@@H]2C1=O. The molecule has 72 valence electrons. The molecule has 2 aliphatic heterocycles. The van der Waals surface area contributed by atoms with E-state index in [1.54, 1.807) is 12.1 Å². The van der Waals surface area contributed by atoms with Gasteiger partial charge >= 0.3 is 0 Å². The lowest BCUT2D eigenvalue weighted by molar-refractivity contribution is -0.138. The summed E-state index contributed by atoms with van der Waals surface area (Å²) in [7, 11) is 1.55. The summed E-state index contributed by atoms with van der Waals surface area (Å²) in [6.07, 6.45) is 0.704. The number of amides is 2. The van der Waals surface area contributed by atoms with Crippen LogP contribution in [-0.4, -0.2) is 41.9 Å². The van der Waals surface area contributed by atoms with E-state index in [1.165, 1.54) is 4.90 Å². The van der Waals surface area contributed by atoms with Gasteiger partial charge in [-0.25, -0.2) is 5.01 Å². The van der Waals surface area contributed by atoms with Crippen LogP contribution in [0.25, 0.3) is 0 Å². The maximum absolute atomic E-state index is 11.5. The van der Waals surface area contributed by atoms with Gasteiger partial charge in [-0.05, 0) is 6.42 Å². The largest absolute Gasteiger partial charge is 0.285 e. The molecule has 2 rings (SSSR count). The molecule has 0 saturated carbocycles. The van der Waals surface area contributed by atoms with Crippen molar-refractivity contribution in [2.45, 2.75) is 6.42 Å². The standard InChI is InChI=1S/C8H13N3O2/c1-10-7(12)5-2-3-11(9)4-6(5)8(10)13/h5-6H,2-4,9H2,1H3/t5-,6-/m0/s1. The molecule has 2 N–H and O–H groups in total. The fourth-order valence-corrected chi connectivity index (χ4v) is 2.13. The Morgan fingerprint density at radius 1 is 1.31 bits per heavy atom. The van der Waals surface area contributed by atoms with Crippen LogP contribution < -0.4 is 5.84 Å². The van der Waals surface area contributed by atoms with E-state index in [0.29, 0.717) is 19.5 Å². The summed E-state index contributed by atoms with van der Waals surface area (Å²) < 4.78 is 0. The van der Waals surface area contributed by atoms with Crippen molar-refractivity contribution in [1.82, 2.24) is 9.91 Å². The quantitative estimate of drug-likeness (QED) is 0.378. The number of hydrogen-bond acceptors (Lipinski definition) is 4. The first-order valence-electron chi connectivity index (χ1n) is 4.42. The molecule has 13 heavy (non-hydrogen) atoms. The first kappa shape index (κ1) is 8.65. The van der Waals surface area contributed by atoms with E-state index in [0.717, 1.165) is 0 Å². The predicted molar refractivity (Wildman–Crippen MR) is 45.1 cm³/mol. The third-order valence-electron chi connectivity index (χ3n) is 2.94. The Hall–Kier alpha value is -0.940. The zero-order chi connectivity index (χ0) is 9.59. The Kier molecular flexibility index (Phi) is 1.85. The van der Waals surface area contributed by atoms with Gasteiger partial charge in [0, 0.05) is 20.1 Å². The lowest BCUT2D eigenvalue weighted by Crippen LogP contribution is -2.45. The highest BCUT2D eigenvalue weighted by molar-refractivity contribution is 6.05. The smallest absolute Gasteiger partial charge is 0.234 e. The fourth-order valence-electron chi connectivity index (χ4n) is 2.13. The van der Waals surface area contributed by atoms with Crippen LogP contribution in [0, 0.1) is 11.8 Å². The summed E-state index contributed by atoms with van der Waals surface area (Å²) in [5, 5.41) is 1.62. The molecular weight excluding hydrogens is 170 g/mol. The molecule has 0 aliphatic carbocycles. The second-order valence-corrected chi connectivity index (χ2v) is 3.73. The van der Waals surface area contributed by atoms with E-state index in [2.05, 4.69) is 0 Å². The summed E-state index contributed by atoms with van der Waals surface area (Å²) in [6.45, 7) is 1.22. The van der Waals surface area contributed by atoms with Gasteiger partial charge in [-0.3, -0.25) is 20.3 Å². The van der Waals surface area contributed by atoms with E-state index in [-0.39, 0.29) is 23.7 Å². The molecule has 0 unspecified atom stereocenters. The molecular formula is C8H13N3O2. The molecule has 5 nitrogen and oxygen atoms in total. The molecule has 2 aliphatic rings. The molecule has 0 bridgehead atoms. The van der Waals surface area contributed by atoms with Gasteiger partial charge in [0.2, 0.25) is 11.8 Å². The number of carbonyl (C=O) groups excluding carboxylic acids is 2. The molecule has 0 spiro atoms. The van der Waals surface area contributed by atoms with E-state index in [9.17, 15) is 9.59 Å². The van der Waals surface area contributed by atoms with Crippen LogP contribution in [0.2, 0.25) is 0 Å². The number of nitrogens with two attached hydrogens (primary N) is 1. The molecule has 2 fully saturated rings. The summed E-state index contributed by atoms with van der Waals surface area (Å²) in [5.74, 6) is 5.17. The van der Waals surface area contributed by atoms with Gasteiger partial charge in [0.1, 0.15) is 0 Å². The van der Waals surface area contributed by atoms with E-state index in [1.807, 2.05) is 0 Å². The maximum atomic E-state index is 11.5. The van der Waals surface area contributed by atoms with Crippen LogP contribution in [0.5, 0.6) is 0 Å². The van der Waals surface area contributed by atoms with Gasteiger partial charge in [0.05, 0.1) is 11.8 Å². The Morgan fingerprint density at radius 3 is 2.62 bits per heavy atom. The summed E-state index contributed by atoms with van der Waals surface area (Å²) in [6, 6.07) is 0. The molecule has 0 aromatic rings. The number of piperidine rings is 1. The molecule has 5 heteroatoms. The zero-order valence-corrected chi connectivity index (χ0v) is 7.56. The molecule has 2 amide bonds. The van der Waals surface area contributed by atoms with Crippen LogP contribution in [0.3, 0.4) is 0 Å². The zero-order valence-electron chi connectivity index (χ0n) is 7.56. The van der Waals surface area contributed by atoms with Gasteiger partial charge in [0.25, 0.3) is 0 Å². The maximum Gasteiger partial charge on any atom is 0.234 e. The molecule has 2 atom stereocenters. The van der Waals surface area contributed by atoms with Crippen molar-refractivity contribution < 1.29 is 9.59 Å². The van der Waals surface area contributed by atoms with Crippen LogP contribution in [0.1, 0.15) is 6.42 Å². The van der Waals surface area contributed by atoms with Crippen molar-refractivity contribution in [3.05, 3.63) is 0 Å². The Labute approximate surface area is 76.4 Å². The average molecular weight is 183 g/mol. The Bertz CT molecular complexity index is 266. The van der Waals surface area contributed by atoms with Gasteiger partial charge < -0.3 is 0 Å². The number of hydrazine groups is 1. The number of imide groups is 1. The highest BCUT2D eigenvalue weighted by Gasteiger charge is 2.47.